The van der Waals surface area contributed by atoms with Crippen molar-refractivity contribution in [2.75, 3.05) is 11.9 Å². The van der Waals surface area contributed by atoms with Crippen molar-refractivity contribution in [2.45, 2.75) is 71.4 Å². The molecule has 0 aliphatic carbocycles. The van der Waals surface area contributed by atoms with E-state index in [0.29, 0.717) is 18.1 Å². The maximum atomic E-state index is 12.5. The molecular weight excluding hydrogens is 328 g/mol. The minimum Gasteiger partial charge on any atom is -0.444 e. The van der Waals surface area contributed by atoms with Crippen LogP contribution in [0.5, 0.6) is 0 Å². The van der Waals surface area contributed by atoms with E-state index in [0.717, 1.165) is 30.7 Å². The van der Waals surface area contributed by atoms with E-state index in [-0.39, 0.29) is 5.91 Å². The molecule has 1 aliphatic heterocycles. The minimum absolute atomic E-state index is 0.225. The molecule has 1 saturated heterocycles. The van der Waals surface area contributed by atoms with Gasteiger partial charge in [0.05, 0.1) is 0 Å². The highest BCUT2D eigenvalue weighted by atomic mass is 32.1. The van der Waals surface area contributed by atoms with Crippen LogP contribution in [0.25, 0.3) is 0 Å². The Morgan fingerprint density at radius 1 is 1.38 bits per heavy atom. The summed E-state index contributed by atoms with van der Waals surface area (Å²) in [6.07, 6.45) is 3.99. The minimum atomic E-state index is -0.575. The fourth-order valence-electron chi connectivity index (χ4n) is 2.50. The van der Waals surface area contributed by atoms with Gasteiger partial charge in [0, 0.05) is 13.0 Å². The smallest absolute Gasteiger partial charge is 0.410 e. The molecule has 0 saturated carbocycles. The number of nitrogens with zero attached hydrogens (tertiary/aromatic N) is 3. The van der Waals surface area contributed by atoms with Gasteiger partial charge in [0.25, 0.3) is 0 Å². The highest BCUT2D eigenvalue weighted by Gasteiger charge is 2.36. The van der Waals surface area contributed by atoms with Gasteiger partial charge in [-0.1, -0.05) is 24.7 Å². The molecule has 2 amide bonds. The molecular formula is C16H26N4O3S. The van der Waals surface area contributed by atoms with E-state index < -0.39 is 17.7 Å². The van der Waals surface area contributed by atoms with Crippen molar-refractivity contribution in [1.29, 1.82) is 0 Å². The summed E-state index contributed by atoms with van der Waals surface area (Å²) in [6, 6.07) is -0.511. The van der Waals surface area contributed by atoms with Crippen LogP contribution in [0.3, 0.4) is 0 Å². The fourth-order valence-corrected chi connectivity index (χ4v) is 3.28. The number of nitrogens with one attached hydrogen (secondary N) is 1. The lowest BCUT2D eigenvalue weighted by atomic mass is 10.2. The van der Waals surface area contributed by atoms with Crippen LogP contribution in [0.4, 0.5) is 9.93 Å². The van der Waals surface area contributed by atoms with E-state index in [9.17, 15) is 9.59 Å². The van der Waals surface area contributed by atoms with Crippen molar-refractivity contribution < 1.29 is 14.3 Å². The van der Waals surface area contributed by atoms with E-state index >= 15 is 0 Å². The van der Waals surface area contributed by atoms with Crippen LogP contribution in [0.15, 0.2) is 0 Å². The number of carbonyl (C=O) groups excluding carboxylic acids is 2. The third kappa shape index (κ3) is 5.15. The van der Waals surface area contributed by atoms with Gasteiger partial charge in [-0.15, -0.1) is 10.2 Å². The van der Waals surface area contributed by atoms with Gasteiger partial charge in [0.1, 0.15) is 16.7 Å². The highest BCUT2D eigenvalue weighted by Crippen LogP contribution is 2.23. The zero-order valence-corrected chi connectivity index (χ0v) is 15.6. The second-order valence-corrected chi connectivity index (χ2v) is 7.99. The van der Waals surface area contributed by atoms with E-state index in [2.05, 4.69) is 22.4 Å². The number of carbonyl (C=O) groups is 2. The van der Waals surface area contributed by atoms with Crippen molar-refractivity contribution in [3.05, 3.63) is 5.01 Å². The Morgan fingerprint density at radius 3 is 2.79 bits per heavy atom. The van der Waals surface area contributed by atoms with Crippen LogP contribution in [0, 0.1) is 0 Å². The summed E-state index contributed by atoms with van der Waals surface area (Å²) in [4.78, 5) is 26.2. The van der Waals surface area contributed by atoms with Gasteiger partial charge in [-0.2, -0.15) is 0 Å². The van der Waals surface area contributed by atoms with Gasteiger partial charge in [-0.05, 0) is 40.0 Å². The molecule has 0 radical (unpaired) electrons. The van der Waals surface area contributed by atoms with Gasteiger partial charge in [0.2, 0.25) is 11.0 Å². The van der Waals surface area contributed by atoms with Gasteiger partial charge >= 0.3 is 6.09 Å². The van der Waals surface area contributed by atoms with Crippen molar-refractivity contribution in [3.63, 3.8) is 0 Å². The second-order valence-electron chi connectivity index (χ2n) is 6.93. The normalized spacial score (nSPS) is 17.8. The molecule has 1 atom stereocenters. The van der Waals surface area contributed by atoms with Crippen molar-refractivity contribution in [2.24, 2.45) is 0 Å². The molecule has 134 valence electrons. The molecule has 8 heteroatoms. The summed E-state index contributed by atoms with van der Waals surface area (Å²) in [6.45, 7) is 8.10. The zero-order chi connectivity index (χ0) is 17.7. The number of anilines is 1. The Balaban J connectivity index is 1.95. The van der Waals surface area contributed by atoms with Crippen LogP contribution >= 0.6 is 11.3 Å². The summed E-state index contributed by atoms with van der Waals surface area (Å²) in [5.74, 6) is -0.225. The Morgan fingerprint density at radius 2 is 2.12 bits per heavy atom. The van der Waals surface area contributed by atoms with Gasteiger partial charge in [-0.3, -0.25) is 15.0 Å². The number of unbranched alkanes of at least 4 members (excludes halogenated alkanes) is 1. The number of rotatable bonds is 5. The van der Waals surface area contributed by atoms with Crippen LogP contribution in [0.1, 0.15) is 58.4 Å². The largest absolute Gasteiger partial charge is 0.444 e. The number of ether oxygens (including phenoxy) is 1. The molecule has 1 aliphatic rings. The van der Waals surface area contributed by atoms with E-state index in [1.54, 1.807) is 0 Å². The van der Waals surface area contributed by atoms with Crippen molar-refractivity contribution in [1.82, 2.24) is 15.1 Å². The van der Waals surface area contributed by atoms with Crippen LogP contribution in [-0.4, -0.2) is 45.3 Å². The first-order valence-corrected chi connectivity index (χ1v) is 9.24. The second kappa shape index (κ2) is 7.92. The molecule has 0 spiro atoms. The average molecular weight is 354 g/mol. The Bertz CT molecular complexity index is 582. The monoisotopic (exact) mass is 354 g/mol. The number of hydrogen-bond donors (Lipinski definition) is 1. The lowest BCUT2D eigenvalue weighted by Gasteiger charge is -2.27. The van der Waals surface area contributed by atoms with Crippen LogP contribution in [-0.2, 0) is 16.0 Å². The number of aryl methyl sites for hydroxylation is 1. The lowest BCUT2D eigenvalue weighted by Crippen LogP contribution is -2.45. The Kier molecular flexibility index (Phi) is 6.15. The molecule has 0 aromatic carbocycles. The maximum Gasteiger partial charge on any atom is 0.410 e. The van der Waals surface area contributed by atoms with Crippen LogP contribution in [0.2, 0.25) is 0 Å². The molecule has 2 rings (SSSR count). The number of likely N-dealkylation sites (tertiary alicyclic amines) is 1. The summed E-state index contributed by atoms with van der Waals surface area (Å²) >= 11 is 1.39. The Hall–Kier alpha value is -1.70. The summed E-state index contributed by atoms with van der Waals surface area (Å²) < 4.78 is 5.38. The van der Waals surface area contributed by atoms with E-state index in [1.165, 1.54) is 16.2 Å². The number of hydrogen-bond acceptors (Lipinski definition) is 6. The third-order valence-corrected chi connectivity index (χ3v) is 4.52. The first-order valence-electron chi connectivity index (χ1n) is 8.43. The molecule has 24 heavy (non-hydrogen) atoms. The topological polar surface area (TPSA) is 84.4 Å². The number of aromatic nitrogens is 2. The predicted octanol–water partition coefficient (Wildman–Crippen LogP) is 3.22. The third-order valence-electron chi connectivity index (χ3n) is 3.62. The molecule has 1 aromatic heterocycles. The fraction of sp³-hybridized carbons (Fsp3) is 0.750. The molecule has 1 N–H and O–H groups in total. The maximum absolute atomic E-state index is 12.5. The molecule has 0 bridgehead atoms. The molecule has 7 nitrogen and oxygen atoms in total. The quantitative estimate of drug-likeness (QED) is 0.877. The van der Waals surface area contributed by atoms with Gasteiger partial charge in [-0.25, -0.2) is 4.79 Å². The van der Waals surface area contributed by atoms with Gasteiger partial charge < -0.3 is 4.74 Å². The predicted molar refractivity (Wildman–Crippen MR) is 93.1 cm³/mol. The summed E-state index contributed by atoms with van der Waals surface area (Å²) in [7, 11) is 0. The highest BCUT2D eigenvalue weighted by molar-refractivity contribution is 7.15. The first-order chi connectivity index (χ1) is 11.3. The summed E-state index contributed by atoms with van der Waals surface area (Å²) in [5, 5.41) is 12.3. The average Bonchev–Trinajstić information content (AvgIpc) is 3.12. The first kappa shape index (κ1) is 18.6. The number of amides is 2. The molecule has 1 fully saturated rings. The Labute approximate surface area is 146 Å². The summed E-state index contributed by atoms with van der Waals surface area (Å²) in [5.41, 5.74) is -0.575. The zero-order valence-electron chi connectivity index (χ0n) is 14.8. The van der Waals surface area contributed by atoms with Crippen molar-refractivity contribution >= 4 is 28.5 Å². The van der Waals surface area contributed by atoms with E-state index in [4.69, 9.17) is 4.74 Å². The molecule has 2 heterocycles. The van der Waals surface area contributed by atoms with Crippen molar-refractivity contribution in [3.8, 4) is 0 Å². The van der Waals surface area contributed by atoms with E-state index in [1.807, 2.05) is 20.8 Å². The van der Waals surface area contributed by atoms with Crippen LogP contribution < -0.4 is 5.32 Å². The lowest BCUT2D eigenvalue weighted by molar-refractivity contribution is -0.120. The molecule has 1 unspecified atom stereocenters. The van der Waals surface area contributed by atoms with Gasteiger partial charge in [0.15, 0.2) is 0 Å². The standard InChI is InChI=1S/C16H26N4O3S/c1-5-6-9-12-18-19-14(24-12)17-13(21)11-8-7-10-20(11)15(22)23-16(2,3)4/h11H,5-10H2,1-4H3,(H,17,19,21). The molecule has 1 aromatic rings. The SMILES string of the molecule is CCCCc1nnc(NC(=O)C2CCCN2C(=O)OC(C)(C)C)s1.